The van der Waals surface area contributed by atoms with Gasteiger partial charge in [0, 0.05) is 24.4 Å². The SMILES string of the molecule is C[C@@H]1C2=C(CC[C@@H]2CN(CC#N)S(=O)(=O)Cc2ccccc2)Cc2c1cnn2-c1ccc(F)cc1. The van der Waals surface area contributed by atoms with E-state index in [0.29, 0.717) is 12.1 Å². The van der Waals surface area contributed by atoms with E-state index in [1.165, 1.54) is 27.6 Å². The second kappa shape index (κ2) is 9.40. The van der Waals surface area contributed by atoms with Crippen LogP contribution < -0.4 is 0 Å². The van der Waals surface area contributed by atoms with E-state index in [4.69, 9.17) is 0 Å². The molecular formula is C27H27FN4O2S. The first kappa shape index (κ1) is 23.5. The van der Waals surface area contributed by atoms with Crippen LogP contribution in [0.2, 0.25) is 0 Å². The molecular weight excluding hydrogens is 463 g/mol. The Morgan fingerprint density at radius 2 is 1.91 bits per heavy atom. The maximum Gasteiger partial charge on any atom is 0.219 e. The van der Waals surface area contributed by atoms with Gasteiger partial charge < -0.3 is 0 Å². The Bertz CT molecular complexity index is 1410. The summed E-state index contributed by atoms with van der Waals surface area (Å²) in [4.78, 5) is 0. The first-order chi connectivity index (χ1) is 16.9. The lowest BCUT2D eigenvalue weighted by atomic mass is 9.80. The van der Waals surface area contributed by atoms with Crippen LogP contribution in [0, 0.1) is 23.1 Å². The van der Waals surface area contributed by atoms with Crippen LogP contribution in [-0.2, 0) is 22.2 Å². The lowest BCUT2D eigenvalue weighted by molar-refractivity contribution is 0.383. The van der Waals surface area contributed by atoms with Crippen LogP contribution in [0.3, 0.4) is 0 Å². The normalized spacial score (nSPS) is 19.5. The predicted octanol–water partition coefficient (Wildman–Crippen LogP) is 4.73. The van der Waals surface area contributed by atoms with Gasteiger partial charge in [-0.1, -0.05) is 48.4 Å². The number of rotatable bonds is 7. The number of benzene rings is 2. The molecule has 0 N–H and O–H groups in total. The highest BCUT2D eigenvalue weighted by molar-refractivity contribution is 7.88. The molecule has 0 amide bonds. The highest BCUT2D eigenvalue weighted by Crippen LogP contribution is 2.47. The zero-order chi connectivity index (χ0) is 24.6. The molecule has 0 bridgehead atoms. The summed E-state index contributed by atoms with van der Waals surface area (Å²) in [6.07, 6.45) is 4.39. The second-order valence-corrected chi connectivity index (χ2v) is 11.3. The van der Waals surface area contributed by atoms with Gasteiger partial charge in [-0.15, -0.1) is 0 Å². The molecule has 0 unspecified atom stereocenters. The van der Waals surface area contributed by atoms with Crippen molar-refractivity contribution in [2.75, 3.05) is 13.1 Å². The van der Waals surface area contributed by atoms with Crippen LogP contribution in [-0.4, -0.2) is 35.6 Å². The highest BCUT2D eigenvalue weighted by Gasteiger charge is 2.38. The number of aromatic nitrogens is 2. The number of hydrogen-bond acceptors (Lipinski definition) is 4. The van der Waals surface area contributed by atoms with Crippen molar-refractivity contribution < 1.29 is 12.8 Å². The third-order valence-corrected chi connectivity index (χ3v) is 8.95. The number of halogens is 1. The Morgan fingerprint density at radius 3 is 2.63 bits per heavy atom. The van der Waals surface area contributed by atoms with Gasteiger partial charge in [0.05, 0.1) is 29.4 Å². The van der Waals surface area contributed by atoms with Crippen molar-refractivity contribution in [1.29, 1.82) is 5.26 Å². The molecule has 8 heteroatoms. The van der Waals surface area contributed by atoms with E-state index >= 15 is 0 Å². The quantitative estimate of drug-likeness (QED) is 0.354. The van der Waals surface area contributed by atoms with Crippen LogP contribution in [0.4, 0.5) is 4.39 Å². The van der Waals surface area contributed by atoms with Crippen molar-refractivity contribution in [3.63, 3.8) is 0 Å². The van der Waals surface area contributed by atoms with Crippen molar-refractivity contribution in [3.05, 3.63) is 94.6 Å². The Kier molecular flexibility index (Phi) is 6.30. The molecule has 1 heterocycles. The number of hydrogen-bond donors (Lipinski definition) is 0. The van der Waals surface area contributed by atoms with Gasteiger partial charge in [0.15, 0.2) is 0 Å². The molecule has 1 aromatic heterocycles. The molecule has 2 aromatic carbocycles. The molecule has 3 aromatic rings. The highest BCUT2D eigenvalue weighted by atomic mass is 32.2. The zero-order valence-corrected chi connectivity index (χ0v) is 20.4. The van der Waals surface area contributed by atoms with Gasteiger partial charge in [-0.2, -0.15) is 14.7 Å². The maximum absolute atomic E-state index is 13.4. The standard InChI is InChI=1S/C27H27FN4O2S/c1-19-25-16-30-32(24-11-9-23(28)10-12-24)26(25)15-21-7-8-22(27(19)21)17-31(14-13-29)35(33,34)18-20-5-3-2-4-6-20/h2-6,9-12,16,19,22H,7-8,14-15,17-18H2,1H3/t19-,22+/m0/s1. The molecule has 2 atom stereocenters. The molecule has 0 saturated heterocycles. The molecule has 2 aliphatic rings. The largest absolute Gasteiger partial charge is 0.237 e. The summed E-state index contributed by atoms with van der Waals surface area (Å²) in [5.41, 5.74) is 6.38. The number of sulfonamides is 1. The van der Waals surface area contributed by atoms with Crippen molar-refractivity contribution in [2.24, 2.45) is 5.92 Å². The van der Waals surface area contributed by atoms with Gasteiger partial charge in [-0.25, -0.2) is 17.5 Å². The number of fused-ring (bicyclic) bond motifs is 1. The summed E-state index contributed by atoms with van der Waals surface area (Å²) < 4.78 is 43.1. The van der Waals surface area contributed by atoms with E-state index < -0.39 is 10.0 Å². The lowest BCUT2D eigenvalue weighted by Gasteiger charge is -2.30. The number of nitriles is 1. The molecule has 0 spiro atoms. The third kappa shape index (κ3) is 4.54. The van der Waals surface area contributed by atoms with E-state index in [0.717, 1.165) is 36.2 Å². The Balaban J connectivity index is 1.39. The fourth-order valence-corrected chi connectivity index (χ4v) is 7.01. The molecule has 0 saturated carbocycles. The molecule has 180 valence electrons. The number of allylic oxidation sites excluding steroid dienone is 1. The molecule has 2 aliphatic carbocycles. The van der Waals surface area contributed by atoms with Crippen LogP contribution in [0.15, 0.2) is 71.9 Å². The Hall–Kier alpha value is -3.28. The van der Waals surface area contributed by atoms with Gasteiger partial charge in [0.2, 0.25) is 10.0 Å². The first-order valence-electron chi connectivity index (χ1n) is 11.8. The summed E-state index contributed by atoms with van der Waals surface area (Å²) in [5, 5.41) is 14.0. The average molecular weight is 491 g/mol. The van der Waals surface area contributed by atoms with Crippen LogP contribution in [0.5, 0.6) is 0 Å². The van der Waals surface area contributed by atoms with Crippen molar-refractivity contribution in [2.45, 2.75) is 37.9 Å². The maximum atomic E-state index is 13.4. The predicted molar refractivity (Wildman–Crippen MR) is 132 cm³/mol. The molecule has 0 aliphatic heterocycles. The molecule has 35 heavy (non-hydrogen) atoms. The third-order valence-electron chi connectivity index (χ3n) is 7.19. The lowest BCUT2D eigenvalue weighted by Crippen LogP contribution is -2.37. The van der Waals surface area contributed by atoms with Gasteiger partial charge in [0.25, 0.3) is 0 Å². The van der Waals surface area contributed by atoms with Crippen molar-refractivity contribution in [1.82, 2.24) is 14.1 Å². The van der Waals surface area contributed by atoms with Gasteiger partial charge in [-0.3, -0.25) is 0 Å². The van der Waals surface area contributed by atoms with Gasteiger partial charge in [-0.05, 0) is 48.6 Å². The van der Waals surface area contributed by atoms with E-state index in [1.54, 1.807) is 24.3 Å². The fraction of sp³-hybridized carbons (Fsp3) is 0.333. The zero-order valence-electron chi connectivity index (χ0n) is 19.6. The summed E-state index contributed by atoms with van der Waals surface area (Å²) in [5.74, 6) is -0.216. The van der Waals surface area contributed by atoms with Crippen molar-refractivity contribution in [3.8, 4) is 11.8 Å². The molecule has 5 rings (SSSR count). The second-order valence-electron chi connectivity index (χ2n) is 9.32. The average Bonchev–Trinajstić information content (AvgIpc) is 3.45. The Morgan fingerprint density at radius 1 is 1.17 bits per heavy atom. The molecule has 6 nitrogen and oxygen atoms in total. The van der Waals surface area contributed by atoms with Crippen molar-refractivity contribution >= 4 is 10.0 Å². The van der Waals surface area contributed by atoms with E-state index in [2.05, 4.69) is 12.0 Å². The minimum absolute atomic E-state index is 0.0706. The van der Waals surface area contributed by atoms with Crippen LogP contribution in [0.25, 0.3) is 5.69 Å². The van der Waals surface area contributed by atoms with E-state index in [1.807, 2.05) is 35.1 Å². The van der Waals surface area contributed by atoms with Gasteiger partial charge >= 0.3 is 0 Å². The Labute approximate surface area is 205 Å². The monoisotopic (exact) mass is 490 g/mol. The number of nitrogens with zero attached hydrogens (tertiary/aromatic N) is 4. The first-order valence-corrected chi connectivity index (χ1v) is 13.4. The summed E-state index contributed by atoms with van der Waals surface area (Å²) in [7, 11) is -3.64. The fourth-order valence-electron chi connectivity index (χ4n) is 5.55. The van der Waals surface area contributed by atoms with E-state index in [-0.39, 0.29) is 30.0 Å². The van der Waals surface area contributed by atoms with Crippen LogP contribution in [0.1, 0.15) is 42.5 Å². The minimum atomic E-state index is -3.64. The van der Waals surface area contributed by atoms with E-state index in [9.17, 15) is 18.1 Å². The minimum Gasteiger partial charge on any atom is -0.237 e. The smallest absolute Gasteiger partial charge is 0.219 e. The summed E-state index contributed by atoms with van der Waals surface area (Å²) in [6.45, 7) is 2.30. The molecule has 0 fully saturated rings. The summed E-state index contributed by atoms with van der Waals surface area (Å²) >= 11 is 0. The summed E-state index contributed by atoms with van der Waals surface area (Å²) in [6, 6.07) is 17.5. The topological polar surface area (TPSA) is 79.0 Å². The molecule has 0 radical (unpaired) electrons. The van der Waals surface area contributed by atoms with Crippen LogP contribution >= 0.6 is 0 Å². The van der Waals surface area contributed by atoms with Gasteiger partial charge in [0.1, 0.15) is 12.4 Å².